The minimum absolute atomic E-state index is 0.228. The lowest BCUT2D eigenvalue weighted by Crippen LogP contribution is -2.10. The molecule has 5 nitrogen and oxygen atoms in total. The van der Waals surface area contributed by atoms with Crippen molar-refractivity contribution in [2.24, 2.45) is 5.73 Å². The van der Waals surface area contributed by atoms with Crippen LogP contribution in [0.15, 0.2) is 79.0 Å². The van der Waals surface area contributed by atoms with Gasteiger partial charge < -0.3 is 16.2 Å². The summed E-state index contributed by atoms with van der Waals surface area (Å²) >= 11 is 0. The van der Waals surface area contributed by atoms with Gasteiger partial charge in [0.2, 0.25) is 5.91 Å². The summed E-state index contributed by atoms with van der Waals surface area (Å²) in [6, 6.07) is 22.0. The Hall–Kier alpha value is -3.86. The molecule has 0 aliphatic carbocycles. The number of nitrogens with zero attached hydrogens (tertiary/aromatic N) is 1. The number of aromatic nitrogens is 1. The fourth-order valence-corrected chi connectivity index (χ4v) is 3.09. The Morgan fingerprint density at radius 3 is 2.44 bits per heavy atom. The first-order valence-electron chi connectivity index (χ1n) is 8.46. The summed E-state index contributed by atoms with van der Waals surface area (Å²) in [5, 5.41) is 15.1. The largest absolute Gasteiger partial charge is 0.508 e. The Kier molecular flexibility index (Phi) is 4.18. The van der Waals surface area contributed by atoms with Gasteiger partial charge in [-0.3, -0.25) is 4.79 Å². The van der Waals surface area contributed by atoms with Crippen molar-refractivity contribution in [1.29, 1.82) is 0 Å². The molecular weight excluding hydrogens is 338 g/mol. The van der Waals surface area contributed by atoms with E-state index in [1.807, 2.05) is 36.4 Å². The first-order valence-corrected chi connectivity index (χ1v) is 8.46. The molecule has 5 heteroatoms. The van der Waals surface area contributed by atoms with E-state index >= 15 is 0 Å². The zero-order valence-electron chi connectivity index (χ0n) is 14.4. The number of benzene rings is 3. The Morgan fingerprint density at radius 1 is 0.926 bits per heavy atom. The number of nitrogens with one attached hydrogen (secondary N) is 1. The number of pyridine rings is 1. The third-order valence-corrected chi connectivity index (χ3v) is 4.40. The molecule has 0 aliphatic rings. The molecule has 0 saturated heterocycles. The molecule has 1 aromatic heterocycles. The zero-order valence-corrected chi connectivity index (χ0v) is 14.4. The molecule has 4 aromatic rings. The van der Waals surface area contributed by atoms with E-state index in [1.165, 1.54) is 0 Å². The quantitative estimate of drug-likeness (QED) is 0.505. The van der Waals surface area contributed by atoms with Crippen LogP contribution in [-0.2, 0) is 0 Å². The number of anilines is 2. The number of phenols is 1. The van der Waals surface area contributed by atoms with Crippen molar-refractivity contribution in [3.05, 3.63) is 84.6 Å². The number of carbonyl (C=O) groups is 1. The third-order valence-electron chi connectivity index (χ3n) is 4.40. The zero-order chi connectivity index (χ0) is 18.8. The van der Waals surface area contributed by atoms with Crippen molar-refractivity contribution < 1.29 is 9.90 Å². The van der Waals surface area contributed by atoms with Crippen LogP contribution in [-0.4, -0.2) is 16.0 Å². The molecule has 132 valence electrons. The summed E-state index contributed by atoms with van der Waals surface area (Å²) in [6.07, 6.45) is 1.74. The molecule has 1 amide bonds. The van der Waals surface area contributed by atoms with Crippen LogP contribution in [0, 0.1) is 0 Å². The van der Waals surface area contributed by atoms with Crippen LogP contribution in [0.3, 0.4) is 0 Å². The highest BCUT2D eigenvalue weighted by atomic mass is 16.3. The van der Waals surface area contributed by atoms with Crippen LogP contribution in [0.25, 0.3) is 21.9 Å². The number of amides is 1. The maximum atomic E-state index is 11.2. The van der Waals surface area contributed by atoms with Gasteiger partial charge in [-0.2, -0.15) is 0 Å². The van der Waals surface area contributed by atoms with E-state index < -0.39 is 5.91 Å². The van der Waals surface area contributed by atoms with Gasteiger partial charge in [0.25, 0.3) is 0 Å². The molecular formula is C22H17N3O2. The standard InChI is InChI=1S/C22H17N3O2/c23-21(27)14-7-9-16(10-8-14)25-22-20-6-2-5-18(19(20)11-12-24-22)15-3-1-4-17(26)13-15/h1-13,26H,(H2,23,27)(H,24,25). The molecule has 3 aromatic carbocycles. The summed E-state index contributed by atoms with van der Waals surface area (Å²) in [4.78, 5) is 15.7. The summed E-state index contributed by atoms with van der Waals surface area (Å²) in [7, 11) is 0. The maximum Gasteiger partial charge on any atom is 0.248 e. The first-order chi connectivity index (χ1) is 13.1. The van der Waals surface area contributed by atoms with Crippen molar-refractivity contribution in [3.63, 3.8) is 0 Å². The Balaban J connectivity index is 1.76. The van der Waals surface area contributed by atoms with Crippen molar-refractivity contribution in [2.45, 2.75) is 0 Å². The number of aromatic hydroxyl groups is 1. The smallest absolute Gasteiger partial charge is 0.248 e. The van der Waals surface area contributed by atoms with Gasteiger partial charge in [0.05, 0.1) is 0 Å². The van der Waals surface area contributed by atoms with Gasteiger partial charge in [0.15, 0.2) is 0 Å². The fourth-order valence-electron chi connectivity index (χ4n) is 3.09. The lowest BCUT2D eigenvalue weighted by Gasteiger charge is -2.12. The van der Waals surface area contributed by atoms with Crippen LogP contribution in [0.5, 0.6) is 5.75 Å². The third kappa shape index (κ3) is 3.30. The molecule has 0 bridgehead atoms. The number of rotatable bonds is 4. The molecule has 0 spiro atoms. The second-order valence-corrected chi connectivity index (χ2v) is 6.18. The van der Waals surface area contributed by atoms with Crippen LogP contribution < -0.4 is 11.1 Å². The fraction of sp³-hybridized carbons (Fsp3) is 0. The maximum absolute atomic E-state index is 11.2. The summed E-state index contributed by atoms with van der Waals surface area (Å²) < 4.78 is 0. The summed E-state index contributed by atoms with van der Waals surface area (Å²) in [5.74, 6) is 0.480. The summed E-state index contributed by atoms with van der Waals surface area (Å²) in [6.45, 7) is 0. The average Bonchev–Trinajstić information content (AvgIpc) is 2.68. The number of nitrogens with two attached hydrogens (primary N) is 1. The Bertz CT molecular complexity index is 1140. The van der Waals surface area contributed by atoms with Crippen molar-refractivity contribution in [1.82, 2.24) is 4.98 Å². The molecule has 0 unspecified atom stereocenters. The van der Waals surface area contributed by atoms with Gasteiger partial charge >= 0.3 is 0 Å². The van der Waals surface area contributed by atoms with Crippen molar-refractivity contribution >= 4 is 28.2 Å². The Morgan fingerprint density at radius 2 is 1.70 bits per heavy atom. The molecule has 4 N–H and O–H groups in total. The van der Waals surface area contributed by atoms with Gasteiger partial charge in [0, 0.05) is 22.8 Å². The van der Waals surface area contributed by atoms with E-state index in [0.29, 0.717) is 11.4 Å². The monoisotopic (exact) mass is 355 g/mol. The van der Waals surface area contributed by atoms with E-state index in [1.54, 1.807) is 42.6 Å². The van der Waals surface area contributed by atoms with E-state index in [9.17, 15) is 9.90 Å². The Labute approximate surface area is 156 Å². The van der Waals surface area contributed by atoms with Gasteiger partial charge in [-0.15, -0.1) is 0 Å². The van der Waals surface area contributed by atoms with E-state index in [0.717, 1.165) is 27.6 Å². The number of phenolic OH excluding ortho intramolecular Hbond substituents is 1. The van der Waals surface area contributed by atoms with Crippen LogP contribution in [0.2, 0.25) is 0 Å². The predicted octanol–water partition coefficient (Wildman–Crippen LogP) is 4.45. The molecule has 4 rings (SSSR count). The molecule has 27 heavy (non-hydrogen) atoms. The second-order valence-electron chi connectivity index (χ2n) is 6.18. The van der Waals surface area contributed by atoms with Gasteiger partial charge in [-0.25, -0.2) is 4.98 Å². The van der Waals surface area contributed by atoms with E-state index in [-0.39, 0.29) is 5.75 Å². The predicted molar refractivity (Wildman–Crippen MR) is 107 cm³/mol. The van der Waals surface area contributed by atoms with E-state index in [2.05, 4.69) is 10.3 Å². The second kappa shape index (κ2) is 6.80. The van der Waals surface area contributed by atoms with Crippen LogP contribution in [0.1, 0.15) is 10.4 Å². The molecule has 0 aliphatic heterocycles. The molecule has 0 atom stereocenters. The van der Waals surface area contributed by atoms with E-state index in [4.69, 9.17) is 5.73 Å². The first kappa shape index (κ1) is 16.6. The number of primary amides is 1. The lowest BCUT2D eigenvalue weighted by molar-refractivity contribution is 0.100. The molecule has 1 heterocycles. The highest BCUT2D eigenvalue weighted by molar-refractivity contribution is 6.02. The minimum atomic E-state index is -0.458. The normalized spacial score (nSPS) is 10.7. The number of carbonyl (C=O) groups excluding carboxylic acids is 1. The van der Waals surface area contributed by atoms with Gasteiger partial charge in [-0.05, 0) is 59.0 Å². The lowest BCUT2D eigenvalue weighted by atomic mass is 9.99. The van der Waals surface area contributed by atoms with Crippen LogP contribution in [0.4, 0.5) is 11.5 Å². The molecule has 0 radical (unpaired) electrons. The highest BCUT2D eigenvalue weighted by Gasteiger charge is 2.09. The van der Waals surface area contributed by atoms with Crippen LogP contribution >= 0.6 is 0 Å². The van der Waals surface area contributed by atoms with Gasteiger partial charge in [0.1, 0.15) is 11.6 Å². The van der Waals surface area contributed by atoms with Crippen molar-refractivity contribution in [3.8, 4) is 16.9 Å². The number of hydrogen-bond donors (Lipinski definition) is 3. The molecule has 0 fully saturated rings. The number of hydrogen-bond acceptors (Lipinski definition) is 4. The van der Waals surface area contributed by atoms with Crippen molar-refractivity contribution in [2.75, 3.05) is 5.32 Å². The van der Waals surface area contributed by atoms with Gasteiger partial charge in [-0.1, -0.05) is 30.3 Å². The SMILES string of the molecule is NC(=O)c1ccc(Nc2nccc3c(-c4cccc(O)c4)cccc23)cc1. The minimum Gasteiger partial charge on any atom is -0.508 e. The molecule has 0 saturated carbocycles. The average molecular weight is 355 g/mol. The summed E-state index contributed by atoms with van der Waals surface area (Å²) in [5.41, 5.74) is 8.49. The number of fused-ring (bicyclic) bond motifs is 1. The topological polar surface area (TPSA) is 88.2 Å². The highest BCUT2D eigenvalue weighted by Crippen LogP contribution is 2.33.